The molecule has 3 heterocycles. The molecule has 2 aliphatic rings. The molecule has 1 saturated carbocycles. The molecule has 0 amide bonds. The van der Waals surface area contributed by atoms with Crippen LogP contribution in [0.5, 0.6) is 6.01 Å². The van der Waals surface area contributed by atoms with Gasteiger partial charge in [0.05, 0.1) is 25.5 Å². The van der Waals surface area contributed by atoms with Gasteiger partial charge in [0.15, 0.2) is 0 Å². The van der Waals surface area contributed by atoms with Gasteiger partial charge >= 0.3 is 6.01 Å². The third-order valence-electron chi connectivity index (χ3n) is 4.95. The standard InChI is InChI=1S/C17H23N5O2/c1-21-10-13(9-20-21)11-22-7-8-23-16-14(3-4-15(16)22)12-24-17-18-5-2-6-19-17/h2,5-6,9-10,14-16H,3-4,7-8,11-12H2,1H3/t14-,15-,16+/m0/s1. The molecule has 0 radical (unpaired) electrons. The van der Waals surface area contributed by atoms with E-state index < -0.39 is 0 Å². The molecule has 1 aliphatic carbocycles. The van der Waals surface area contributed by atoms with Crippen molar-refractivity contribution in [1.82, 2.24) is 24.6 Å². The maximum Gasteiger partial charge on any atom is 0.316 e. The Bertz CT molecular complexity index is 662. The number of aromatic nitrogens is 4. The van der Waals surface area contributed by atoms with E-state index in [1.807, 2.05) is 17.9 Å². The lowest BCUT2D eigenvalue weighted by atomic mass is 10.0. The average Bonchev–Trinajstić information content (AvgIpc) is 3.21. The van der Waals surface area contributed by atoms with Crippen molar-refractivity contribution in [3.8, 4) is 6.01 Å². The highest BCUT2D eigenvalue weighted by Crippen LogP contribution is 2.35. The summed E-state index contributed by atoms with van der Waals surface area (Å²) < 4.78 is 13.7. The van der Waals surface area contributed by atoms with E-state index in [4.69, 9.17) is 9.47 Å². The van der Waals surface area contributed by atoms with E-state index in [0.29, 0.717) is 24.6 Å². The van der Waals surface area contributed by atoms with Gasteiger partial charge in [0.1, 0.15) is 0 Å². The van der Waals surface area contributed by atoms with Gasteiger partial charge in [0.2, 0.25) is 0 Å². The van der Waals surface area contributed by atoms with Crippen molar-refractivity contribution in [3.05, 3.63) is 36.4 Å². The first-order chi connectivity index (χ1) is 11.8. The summed E-state index contributed by atoms with van der Waals surface area (Å²) in [4.78, 5) is 10.8. The summed E-state index contributed by atoms with van der Waals surface area (Å²) in [6, 6.07) is 2.70. The SMILES string of the molecule is Cn1cc(CN2CCO[C@@H]3[C@H](COc4ncccn4)CC[C@@H]32)cn1. The summed E-state index contributed by atoms with van der Waals surface area (Å²) in [7, 11) is 1.96. The van der Waals surface area contributed by atoms with E-state index >= 15 is 0 Å². The largest absolute Gasteiger partial charge is 0.463 e. The number of morpholine rings is 1. The lowest BCUT2D eigenvalue weighted by Crippen LogP contribution is -2.50. The van der Waals surface area contributed by atoms with Gasteiger partial charge in [-0.05, 0) is 18.9 Å². The summed E-state index contributed by atoms with van der Waals surface area (Å²) >= 11 is 0. The van der Waals surface area contributed by atoms with Crippen molar-refractivity contribution >= 4 is 0 Å². The van der Waals surface area contributed by atoms with Crippen LogP contribution in [-0.4, -0.2) is 56.6 Å². The number of nitrogens with zero attached hydrogens (tertiary/aromatic N) is 5. The molecule has 7 heteroatoms. The van der Waals surface area contributed by atoms with Crippen LogP contribution in [0.15, 0.2) is 30.9 Å². The molecule has 2 fully saturated rings. The smallest absolute Gasteiger partial charge is 0.316 e. The van der Waals surface area contributed by atoms with Crippen LogP contribution in [0.4, 0.5) is 0 Å². The van der Waals surface area contributed by atoms with Gasteiger partial charge in [0.25, 0.3) is 0 Å². The summed E-state index contributed by atoms with van der Waals surface area (Å²) in [6.45, 7) is 3.31. The molecule has 24 heavy (non-hydrogen) atoms. The van der Waals surface area contributed by atoms with E-state index in [2.05, 4.69) is 26.2 Å². The minimum absolute atomic E-state index is 0.235. The Hall–Kier alpha value is -1.99. The zero-order valence-electron chi connectivity index (χ0n) is 13.9. The second-order valence-electron chi connectivity index (χ2n) is 6.58. The van der Waals surface area contributed by atoms with Crippen LogP contribution < -0.4 is 4.74 Å². The molecule has 0 unspecified atom stereocenters. The van der Waals surface area contributed by atoms with Crippen LogP contribution >= 0.6 is 0 Å². The van der Waals surface area contributed by atoms with Gasteiger partial charge in [-0.3, -0.25) is 9.58 Å². The van der Waals surface area contributed by atoms with Crippen LogP contribution in [0.25, 0.3) is 0 Å². The second kappa shape index (κ2) is 6.86. The van der Waals surface area contributed by atoms with Crippen molar-refractivity contribution in [2.45, 2.75) is 31.5 Å². The Kier molecular flexibility index (Phi) is 4.44. The quantitative estimate of drug-likeness (QED) is 0.823. The molecule has 4 rings (SSSR count). The molecule has 2 aromatic rings. The summed E-state index contributed by atoms with van der Waals surface area (Å²) in [5.74, 6) is 0.399. The molecule has 128 valence electrons. The van der Waals surface area contributed by atoms with Crippen LogP contribution in [0.1, 0.15) is 18.4 Å². The third-order valence-corrected chi connectivity index (χ3v) is 4.95. The zero-order valence-corrected chi connectivity index (χ0v) is 13.9. The monoisotopic (exact) mass is 329 g/mol. The molecule has 1 saturated heterocycles. The molecule has 0 bridgehead atoms. The number of aryl methyl sites for hydroxylation is 1. The van der Waals surface area contributed by atoms with Crippen molar-refractivity contribution in [2.75, 3.05) is 19.8 Å². The molecule has 1 aliphatic heterocycles. The third kappa shape index (κ3) is 3.27. The molecule has 0 N–H and O–H groups in total. The highest BCUT2D eigenvalue weighted by molar-refractivity contribution is 5.06. The van der Waals surface area contributed by atoms with Crippen molar-refractivity contribution in [3.63, 3.8) is 0 Å². The van der Waals surface area contributed by atoms with Gasteiger partial charge in [-0.2, -0.15) is 5.10 Å². The molecule has 0 spiro atoms. The van der Waals surface area contributed by atoms with E-state index in [1.165, 1.54) is 5.56 Å². The van der Waals surface area contributed by atoms with Gasteiger partial charge < -0.3 is 9.47 Å². The average molecular weight is 329 g/mol. The van der Waals surface area contributed by atoms with Gasteiger partial charge in [-0.15, -0.1) is 0 Å². The molecule has 0 aromatic carbocycles. The van der Waals surface area contributed by atoms with Crippen LogP contribution in [0.3, 0.4) is 0 Å². The predicted octanol–water partition coefficient (Wildman–Crippen LogP) is 1.27. The Morgan fingerprint density at radius 2 is 2.17 bits per heavy atom. The fourth-order valence-electron chi connectivity index (χ4n) is 3.84. The Morgan fingerprint density at radius 3 is 2.96 bits per heavy atom. The molecular weight excluding hydrogens is 306 g/mol. The van der Waals surface area contributed by atoms with Gasteiger partial charge in [-0.1, -0.05) is 0 Å². The molecular formula is C17H23N5O2. The summed E-state index contributed by atoms with van der Waals surface area (Å²) in [5.41, 5.74) is 1.26. The van der Waals surface area contributed by atoms with Crippen molar-refractivity contribution in [1.29, 1.82) is 0 Å². The Labute approximate surface area is 141 Å². The highest BCUT2D eigenvalue weighted by Gasteiger charge is 2.43. The first kappa shape index (κ1) is 15.5. The number of ether oxygens (including phenoxy) is 2. The molecule has 2 aromatic heterocycles. The van der Waals surface area contributed by atoms with Crippen LogP contribution in [0.2, 0.25) is 0 Å². The van der Waals surface area contributed by atoms with Crippen molar-refractivity contribution < 1.29 is 9.47 Å². The first-order valence-electron chi connectivity index (χ1n) is 8.52. The van der Waals surface area contributed by atoms with Crippen LogP contribution in [0, 0.1) is 5.92 Å². The van der Waals surface area contributed by atoms with E-state index in [9.17, 15) is 0 Å². The zero-order chi connectivity index (χ0) is 16.4. The normalized spacial score (nSPS) is 27.1. The first-order valence-corrected chi connectivity index (χ1v) is 8.52. The van der Waals surface area contributed by atoms with Crippen molar-refractivity contribution in [2.24, 2.45) is 13.0 Å². The maximum absolute atomic E-state index is 6.09. The minimum atomic E-state index is 0.235. The molecule has 7 nitrogen and oxygen atoms in total. The van der Waals surface area contributed by atoms with Gasteiger partial charge in [-0.25, -0.2) is 9.97 Å². The Morgan fingerprint density at radius 1 is 1.29 bits per heavy atom. The number of rotatable bonds is 5. The fraction of sp³-hybridized carbons (Fsp3) is 0.588. The maximum atomic E-state index is 6.09. The lowest BCUT2D eigenvalue weighted by Gasteiger charge is -2.39. The van der Waals surface area contributed by atoms with Crippen LogP contribution in [-0.2, 0) is 18.3 Å². The fourth-order valence-corrected chi connectivity index (χ4v) is 3.84. The topological polar surface area (TPSA) is 65.3 Å². The van der Waals surface area contributed by atoms with E-state index in [-0.39, 0.29) is 6.10 Å². The van der Waals surface area contributed by atoms with Gasteiger partial charge in [0, 0.05) is 56.3 Å². The number of fused-ring (bicyclic) bond motifs is 1. The summed E-state index contributed by atoms with van der Waals surface area (Å²) in [6.07, 6.45) is 9.94. The summed E-state index contributed by atoms with van der Waals surface area (Å²) in [5, 5.41) is 4.27. The predicted molar refractivity (Wildman–Crippen MR) is 87.4 cm³/mol. The Balaban J connectivity index is 1.37. The molecule has 3 atom stereocenters. The second-order valence-corrected chi connectivity index (χ2v) is 6.58. The highest BCUT2D eigenvalue weighted by atomic mass is 16.5. The number of hydrogen-bond acceptors (Lipinski definition) is 6. The lowest BCUT2D eigenvalue weighted by molar-refractivity contribution is -0.0819. The van der Waals surface area contributed by atoms with E-state index in [0.717, 1.165) is 32.5 Å². The minimum Gasteiger partial charge on any atom is -0.463 e. The van der Waals surface area contributed by atoms with E-state index in [1.54, 1.807) is 18.5 Å². The number of hydrogen-bond donors (Lipinski definition) is 0.